The van der Waals surface area contributed by atoms with Crippen molar-refractivity contribution in [3.05, 3.63) is 47.8 Å². The fourth-order valence-corrected chi connectivity index (χ4v) is 2.20. The van der Waals surface area contributed by atoms with Crippen LogP contribution < -0.4 is 10.6 Å². The van der Waals surface area contributed by atoms with Gasteiger partial charge < -0.3 is 15.4 Å². The molecule has 1 heterocycles. The topological polar surface area (TPSA) is 85.2 Å². The normalized spacial score (nSPS) is 11.3. The molecule has 24 heavy (non-hydrogen) atoms. The summed E-state index contributed by atoms with van der Waals surface area (Å²) in [5.41, 5.74) is 2.27. The molecule has 0 bridgehead atoms. The van der Waals surface area contributed by atoms with Gasteiger partial charge in [-0.3, -0.25) is 14.3 Å². The zero-order chi connectivity index (χ0) is 16.8. The Kier molecular flexibility index (Phi) is 7.41. The molecule has 1 aromatic heterocycles. The van der Waals surface area contributed by atoms with Gasteiger partial charge in [-0.15, -0.1) is 12.4 Å². The van der Waals surface area contributed by atoms with Crippen LogP contribution in [0.5, 0.6) is 0 Å². The van der Waals surface area contributed by atoms with Gasteiger partial charge >= 0.3 is 5.97 Å². The van der Waals surface area contributed by atoms with E-state index >= 15 is 0 Å². The quantitative estimate of drug-likeness (QED) is 0.769. The fourth-order valence-electron chi connectivity index (χ4n) is 2.20. The van der Waals surface area contributed by atoms with E-state index in [1.165, 1.54) is 7.11 Å². The maximum absolute atomic E-state index is 12.4. The minimum Gasteiger partial charge on any atom is -0.469 e. The summed E-state index contributed by atoms with van der Waals surface area (Å²) < 4.78 is 6.27. The summed E-state index contributed by atoms with van der Waals surface area (Å²) in [6.07, 6.45) is 3.65. The number of carbonyl (C=O) groups excluding carboxylic acids is 2. The average molecular weight is 353 g/mol. The number of benzene rings is 1. The molecule has 130 valence electrons. The molecule has 1 unspecified atom stereocenters. The van der Waals surface area contributed by atoms with Crippen molar-refractivity contribution in [2.75, 3.05) is 19.5 Å². The summed E-state index contributed by atoms with van der Waals surface area (Å²) in [4.78, 5) is 23.6. The molecule has 0 fully saturated rings. The first-order chi connectivity index (χ1) is 11.0. The van der Waals surface area contributed by atoms with Crippen molar-refractivity contribution in [1.82, 2.24) is 15.1 Å². The van der Waals surface area contributed by atoms with Gasteiger partial charge in [-0.25, -0.2) is 0 Å². The smallest absolute Gasteiger partial charge is 0.309 e. The lowest BCUT2D eigenvalue weighted by Gasteiger charge is -2.14. The van der Waals surface area contributed by atoms with Crippen LogP contribution in [0.3, 0.4) is 0 Å². The number of likely N-dealkylation sites (N-methyl/N-ethyl adjacent to an activating group) is 1. The number of carbonyl (C=O) groups is 2. The highest BCUT2D eigenvalue weighted by molar-refractivity contribution is 5.95. The number of nitrogens with one attached hydrogen (secondary N) is 2. The number of hydrogen-bond donors (Lipinski definition) is 2. The van der Waals surface area contributed by atoms with E-state index in [1.807, 2.05) is 0 Å². The van der Waals surface area contributed by atoms with Crippen LogP contribution in [0.1, 0.15) is 17.2 Å². The largest absolute Gasteiger partial charge is 0.469 e. The lowest BCUT2D eigenvalue weighted by molar-refractivity contribution is -0.139. The van der Waals surface area contributed by atoms with E-state index in [2.05, 4.69) is 20.5 Å². The monoisotopic (exact) mass is 352 g/mol. The summed E-state index contributed by atoms with van der Waals surface area (Å²) >= 11 is 0. The van der Waals surface area contributed by atoms with Crippen LogP contribution >= 0.6 is 12.4 Å². The van der Waals surface area contributed by atoms with Gasteiger partial charge in [0.05, 0.1) is 19.7 Å². The van der Waals surface area contributed by atoms with E-state index in [4.69, 9.17) is 0 Å². The van der Waals surface area contributed by atoms with Crippen LogP contribution in [0, 0.1) is 0 Å². The van der Waals surface area contributed by atoms with Gasteiger partial charge in [0.15, 0.2) is 0 Å². The Bertz CT molecular complexity index is 685. The van der Waals surface area contributed by atoms with Crippen LogP contribution in [0.4, 0.5) is 5.69 Å². The maximum Gasteiger partial charge on any atom is 0.309 e. The first kappa shape index (κ1) is 19.7. The van der Waals surface area contributed by atoms with Crippen LogP contribution in [-0.4, -0.2) is 35.8 Å². The molecule has 2 rings (SSSR count). The van der Waals surface area contributed by atoms with E-state index in [-0.39, 0.29) is 30.7 Å². The molecule has 0 spiro atoms. The highest BCUT2D eigenvalue weighted by Crippen LogP contribution is 2.16. The van der Waals surface area contributed by atoms with Crippen LogP contribution in [0.2, 0.25) is 0 Å². The second kappa shape index (κ2) is 9.05. The third kappa shape index (κ3) is 5.07. The number of esters is 1. The second-order valence-corrected chi connectivity index (χ2v) is 5.11. The van der Waals surface area contributed by atoms with Crippen LogP contribution in [0.25, 0.3) is 0 Å². The number of nitrogens with zero attached hydrogens (tertiary/aromatic N) is 2. The molecular weight excluding hydrogens is 332 g/mol. The van der Waals surface area contributed by atoms with Crippen molar-refractivity contribution in [3.8, 4) is 0 Å². The van der Waals surface area contributed by atoms with Crippen molar-refractivity contribution in [2.24, 2.45) is 7.05 Å². The summed E-state index contributed by atoms with van der Waals surface area (Å²) in [5, 5.41) is 9.89. The second-order valence-electron chi connectivity index (χ2n) is 5.11. The Balaban J connectivity index is 0.00000288. The Labute approximate surface area is 146 Å². The molecule has 8 heteroatoms. The molecule has 1 atom stereocenters. The summed E-state index contributed by atoms with van der Waals surface area (Å²) in [5.74, 6) is -0.477. The summed E-state index contributed by atoms with van der Waals surface area (Å²) in [6, 6.07) is 6.59. The number of aromatic nitrogens is 2. The molecule has 0 saturated heterocycles. The number of rotatable bonds is 6. The molecule has 2 N–H and O–H groups in total. The van der Waals surface area contributed by atoms with E-state index in [0.717, 1.165) is 11.1 Å². The highest BCUT2D eigenvalue weighted by Gasteiger charge is 2.20. The van der Waals surface area contributed by atoms with Gasteiger partial charge in [-0.2, -0.15) is 5.10 Å². The molecule has 0 aliphatic heterocycles. The number of hydrogen-bond acceptors (Lipinski definition) is 5. The number of methoxy groups -OCH3 is 1. The lowest BCUT2D eigenvalue weighted by atomic mass is 10.1. The van der Waals surface area contributed by atoms with Gasteiger partial charge in [0, 0.05) is 24.5 Å². The Hall–Kier alpha value is -2.38. The third-order valence-electron chi connectivity index (χ3n) is 3.41. The van der Waals surface area contributed by atoms with E-state index in [1.54, 1.807) is 55.4 Å². The molecule has 1 aromatic carbocycles. The number of amides is 1. The van der Waals surface area contributed by atoms with Crippen molar-refractivity contribution in [2.45, 2.75) is 12.5 Å². The fraction of sp³-hybridized carbons (Fsp3) is 0.312. The van der Waals surface area contributed by atoms with Crippen molar-refractivity contribution < 1.29 is 14.3 Å². The number of halogens is 1. The first-order valence-electron chi connectivity index (χ1n) is 7.16. The van der Waals surface area contributed by atoms with Crippen LogP contribution in [0.15, 0.2) is 36.7 Å². The SMILES string of the molecule is CNC(C(=O)Nc1ccc(CC(=O)OC)cc1)c1cnn(C)c1.Cl. The lowest BCUT2D eigenvalue weighted by Crippen LogP contribution is -2.30. The molecular formula is C16H21ClN4O3. The predicted molar refractivity (Wildman–Crippen MR) is 93.0 cm³/mol. The molecule has 0 aliphatic carbocycles. The highest BCUT2D eigenvalue weighted by atomic mass is 35.5. The Morgan fingerprint density at radius 3 is 2.46 bits per heavy atom. The maximum atomic E-state index is 12.4. The zero-order valence-corrected chi connectivity index (χ0v) is 14.6. The van der Waals surface area contributed by atoms with Gasteiger partial charge in [-0.1, -0.05) is 12.1 Å². The zero-order valence-electron chi connectivity index (χ0n) is 13.8. The average Bonchev–Trinajstić information content (AvgIpc) is 2.96. The Morgan fingerprint density at radius 1 is 1.29 bits per heavy atom. The molecule has 7 nitrogen and oxygen atoms in total. The van der Waals surface area contributed by atoms with Gasteiger partial charge in [0.2, 0.25) is 5.91 Å². The van der Waals surface area contributed by atoms with Gasteiger partial charge in [0.25, 0.3) is 0 Å². The molecule has 0 radical (unpaired) electrons. The van der Waals surface area contributed by atoms with Crippen molar-refractivity contribution in [1.29, 1.82) is 0 Å². The van der Waals surface area contributed by atoms with Crippen molar-refractivity contribution in [3.63, 3.8) is 0 Å². The minimum atomic E-state index is -0.488. The Morgan fingerprint density at radius 2 is 1.96 bits per heavy atom. The number of aryl methyl sites for hydroxylation is 1. The molecule has 0 saturated carbocycles. The first-order valence-corrected chi connectivity index (χ1v) is 7.16. The predicted octanol–water partition coefficient (Wildman–Crippen LogP) is 1.46. The number of ether oxygens (including phenoxy) is 1. The van der Waals surface area contributed by atoms with E-state index in [9.17, 15) is 9.59 Å². The van der Waals surface area contributed by atoms with Crippen LogP contribution in [-0.2, 0) is 27.8 Å². The molecule has 0 aliphatic rings. The summed E-state index contributed by atoms with van der Waals surface area (Å²) in [6.45, 7) is 0. The van der Waals surface area contributed by atoms with Gasteiger partial charge in [0.1, 0.15) is 6.04 Å². The molecule has 1 amide bonds. The van der Waals surface area contributed by atoms with E-state index in [0.29, 0.717) is 5.69 Å². The standard InChI is InChI=1S/C16H20N4O3.ClH/c1-17-15(12-9-18-20(2)10-12)16(22)19-13-6-4-11(5-7-13)8-14(21)23-3;/h4-7,9-10,15,17H,8H2,1-3H3,(H,19,22);1H. The van der Waals surface area contributed by atoms with E-state index < -0.39 is 6.04 Å². The van der Waals surface area contributed by atoms with Gasteiger partial charge in [-0.05, 0) is 24.7 Å². The minimum absolute atomic E-state index is 0. The summed E-state index contributed by atoms with van der Waals surface area (Å²) in [7, 11) is 4.87. The third-order valence-corrected chi connectivity index (χ3v) is 3.41. The number of anilines is 1. The van der Waals surface area contributed by atoms with Crippen molar-refractivity contribution >= 4 is 30.0 Å². The molecule has 2 aromatic rings.